The van der Waals surface area contributed by atoms with Crippen LogP contribution < -0.4 is 5.32 Å². The average Bonchev–Trinajstić information content (AvgIpc) is 3.13. The number of H-pyrrole nitrogens is 1. The summed E-state index contributed by atoms with van der Waals surface area (Å²) >= 11 is 0. The zero-order valence-electron chi connectivity index (χ0n) is 13.6. The summed E-state index contributed by atoms with van der Waals surface area (Å²) in [7, 11) is 0. The van der Waals surface area contributed by atoms with Gasteiger partial charge < -0.3 is 10.3 Å². The largest absolute Gasteiger partial charge is 0.347 e. The minimum absolute atomic E-state index is 0.0611. The number of aromatic nitrogens is 2. The van der Waals surface area contributed by atoms with Crippen LogP contribution in [0.5, 0.6) is 0 Å². The molecular weight excluding hydrogens is 276 g/mol. The van der Waals surface area contributed by atoms with Crippen molar-refractivity contribution in [2.24, 2.45) is 0 Å². The van der Waals surface area contributed by atoms with Gasteiger partial charge in [-0.15, -0.1) is 0 Å². The van der Waals surface area contributed by atoms with E-state index in [1.165, 1.54) is 18.4 Å². The molecule has 1 fully saturated rings. The molecule has 0 saturated carbocycles. The number of aromatic amines is 1. The summed E-state index contributed by atoms with van der Waals surface area (Å²) in [5.41, 5.74) is 2.69. The normalized spacial score (nSPS) is 16.3. The summed E-state index contributed by atoms with van der Waals surface area (Å²) in [6.07, 6.45) is 2.36. The van der Waals surface area contributed by atoms with Crippen LogP contribution in [0.3, 0.4) is 0 Å². The van der Waals surface area contributed by atoms with Crippen LogP contribution in [-0.4, -0.2) is 39.4 Å². The van der Waals surface area contributed by atoms with Crippen molar-refractivity contribution in [3.05, 3.63) is 29.6 Å². The van der Waals surface area contributed by atoms with E-state index in [2.05, 4.69) is 33.2 Å². The predicted molar refractivity (Wildman–Crippen MR) is 87.6 cm³/mol. The van der Waals surface area contributed by atoms with Gasteiger partial charge in [-0.1, -0.05) is 6.07 Å². The number of rotatable bonds is 4. The second kappa shape index (κ2) is 5.72. The Balaban J connectivity index is 1.66. The maximum atomic E-state index is 12.5. The second-order valence-corrected chi connectivity index (χ2v) is 6.64. The first-order valence-electron chi connectivity index (χ1n) is 7.95. The molecule has 2 heterocycles. The molecular formula is C17H24N4O. The van der Waals surface area contributed by atoms with Crippen molar-refractivity contribution in [3.8, 4) is 0 Å². The van der Waals surface area contributed by atoms with Crippen LogP contribution in [-0.2, 0) is 11.3 Å². The highest BCUT2D eigenvalue weighted by Crippen LogP contribution is 2.21. The Kier molecular flexibility index (Phi) is 3.91. The molecule has 0 radical (unpaired) electrons. The van der Waals surface area contributed by atoms with Gasteiger partial charge in [0.2, 0.25) is 5.91 Å². The predicted octanol–water partition coefficient (Wildman–Crippen LogP) is 2.36. The van der Waals surface area contributed by atoms with Crippen molar-refractivity contribution in [2.45, 2.75) is 45.7 Å². The fourth-order valence-electron chi connectivity index (χ4n) is 3.06. The number of nitrogens with zero attached hydrogens (tertiary/aromatic N) is 2. The van der Waals surface area contributed by atoms with Gasteiger partial charge in [0.25, 0.3) is 0 Å². The lowest BCUT2D eigenvalue weighted by Crippen LogP contribution is -2.53. The molecule has 1 aliphatic heterocycles. The fraction of sp³-hybridized carbons (Fsp3) is 0.529. The van der Waals surface area contributed by atoms with E-state index in [-0.39, 0.29) is 5.91 Å². The molecule has 0 spiro atoms. The van der Waals surface area contributed by atoms with Crippen molar-refractivity contribution in [1.82, 2.24) is 20.2 Å². The zero-order chi connectivity index (χ0) is 15.7. The van der Waals surface area contributed by atoms with Gasteiger partial charge in [-0.05, 0) is 64.4 Å². The third-order valence-corrected chi connectivity index (χ3v) is 4.56. The van der Waals surface area contributed by atoms with Crippen molar-refractivity contribution in [3.63, 3.8) is 0 Å². The SMILES string of the molecule is Cc1ccc2nc(CNC(=O)C(C)(C)N3CCCC3)[nH]c2c1. The first-order valence-corrected chi connectivity index (χ1v) is 7.95. The lowest BCUT2D eigenvalue weighted by Gasteiger charge is -2.33. The molecule has 5 heteroatoms. The van der Waals surface area contributed by atoms with E-state index in [0.717, 1.165) is 29.9 Å². The Bertz CT molecular complexity index is 683. The van der Waals surface area contributed by atoms with Crippen LogP contribution in [0.2, 0.25) is 0 Å². The van der Waals surface area contributed by atoms with Crippen molar-refractivity contribution in [2.75, 3.05) is 13.1 Å². The third kappa shape index (κ3) is 2.86. The molecule has 1 aromatic heterocycles. The van der Waals surface area contributed by atoms with E-state index >= 15 is 0 Å². The zero-order valence-corrected chi connectivity index (χ0v) is 13.6. The quantitative estimate of drug-likeness (QED) is 0.911. The molecule has 22 heavy (non-hydrogen) atoms. The molecule has 5 nitrogen and oxygen atoms in total. The molecule has 3 rings (SSSR count). The Morgan fingerprint density at radius 3 is 2.82 bits per heavy atom. The van der Waals surface area contributed by atoms with Crippen LogP contribution in [0.25, 0.3) is 11.0 Å². The Hall–Kier alpha value is -1.88. The van der Waals surface area contributed by atoms with Gasteiger partial charge in [0.15, 0.2) is 0 Å². The lowest BCUT2D eigenvalue weighted by molar-refractivity contribution is -0.131. The summed E-state index contributed by atoms with van der Waals surface area (Å²) < 4.78 is 0. The number of imidazole rings is 1. The van der Waals surface area contributed by atoms with Gasteiger partial charge in [-0.2, -0.15) is 0 Å². The summed E-state index contributed by atoms with van der Waals surface area (Å²) in [5, 5.41) is 3.02. The molecule has 1 saturated heterocycles. The first-order chi connectivity index (χ1) is 10.5. The Morgan fingerprint density at radius 2 is 2.09 bits per heavy atom. The number of likely N-dealkylation sites (tertiary alicyclic amines) is 1. The monoisotopic (exact) mass is 300 g/mol. The molecule has 1 aliphatic rings. The van der Waals surface area contributed by atoms with Crippen LogP contribution in [0.15, 0.2) is 18.2 Å². The van der Waals surface area contributed by atoms with Crippen LogP contribution in [0, 0.1) is 6.92 Å². The standard InChI is InChI=1S/C17H24N4O/c1-12-6-7-13-14(10-12)20-15(19-13)11-18-16(22)17(2,3)21-8-4-5-9-21/h6-7,10H,4-5,8-9,11H2,1-3H3,(H,18,22)(H,19,20). The summed E-state index contributed by atoms with van der Waals surface area (Å²) in [4.78, 5) is 22.5. The molecule has 0 aliphatic carbocycles. The highest BCUT2D eigenvalue weighted by molar-refractivity contribution is 5.85. The highest BCUT2D eigenvalue weighted by atomic mass is 16.2. The van der Waals surface area contributed by atoms with E-state index in [4.69, 9.17) is 0 Å². The number of hydrogen-bond donors (Lipinski definition) is 2. The maximum Gasteiger partial charge on any atom is 0.240 e. The molecule has 0 atom stereocenters. The number of hydrogen-bond acceptors (Lipinski definition) is 3. The van der Waals surface area contributed by atoms with E-state index in [9.17, 15) is 4.79 Å². The molecule has 2 N–H and O–H groups in total. The smallest absolute Gasteiger partial charge is 0.240 e. The molecule has 2 aromatic rings. The topological polar surface area (TPSA) is 61.0 Å². The number of aryl methyl sites for hydroxylation is 1. The van der Waals surface area contributed by atoms with Crippen molar-refractivity contribution in [1.29, 1.82) is 0 Å². The molecule has 1 aromatic carbocycles. The molecule has 0 unspecified atom stereocenters. The minimum Gasteiger partial charge on any atom is -0.347 e. The van der Waals surface area contributed by atoms with Crippen molar-refractivity contribution >= 4 is 16.9 Å². The Labute approximate surface area is 131 Å². The van der Waals surface area contributed by atoms with Gasteiger partial charge in [-0.25, -0.2) is 4.98 Å². The van der Waals surface area contributed by atoms with E-state index in [1.807, 2.05) is 26.0 Å². The molecule has 1 amide bonds. The van der Waals surface area contributed by atoms with Crippen LogP contribution in [0.4, 0.5) is 0 Å². The maximum absolute atomic E-state index is 12.5. The minimum atomic E-state index is -0.459. The van der Waals surface area contributed by atoms with Crippen LogP contribution in [0.1, 0.15) is 38.1 Å². The summed E-state index contributed by atoms with van der Waals surface area (Å²) in [6, 6.07) is 6.12. The average molecular weight is 300 g/mol. The number of carbonyl (C=O) groups is 1. The molecule has 0 bridgehead atoms. The van der Waals surface area contributed by atoms with Gasteiger partial charge in [-0.3, -0.25) is 9.69 Å². The van der Waals surface area contributed by atoms with Gasteiger partial charge in [0.05, 0.1) is 23.1 Å². The van der Waals surface area contributed by atoms with E-state index in [0.29, 0.717) is 6.54 Å². The lowest BCUT2D eigenvalue weighted by atomic mass is 10.0. The van der Waals surface area contributed by atoms with Gasteiger partial charge in [0.1, 0.15) is 5.82 Å². The van der Waals surface area contributed by atoms with Gasteiger partial charge >= 0.3 is 0 Å². The number of carbonyl (C=O) groups excluding carboxylic acids is 1. The number of amides is 1. The van der Waals surface area contributed by atoms with E-state index in [1.54, 1.807) is 0 Å². The van der Waals surface area contributed by atoms with Gasteiger partial charge in [0, 0.05) is 0 Å². The third-order valence-electron chi connectivity index (χ3n) is 4.56. The van der Waals surface area contributed by atoms with Crippen molar-refractivity contribution < 1.29 is 4.79 Å². The second-order valence-electron chi connectivity index (χ2n) is 6.64. The van der Waals surface area contributed by atoms with E-state index < -0.39 is 5.54 Å². The number of benzene rings is 1. The summed E-state index contributed by atoms with van der Waals surface area (Å²) in [5.74, 6) is 0.859. The fourth-order valence-corrected chi connectivity index (χ4v) is 3.06. The summed E-state index contributed by atoms with van der Waals surface area (Å²) in [6.45, 7) is 8.49. The highest BCUT2D eigenvalue weighted by Gasteiger charge is 2.35. The number of fused-ring (bicyclic) bond motifs is 1. The molecule has 118 valence electrons. The number of nitrogens with one attached hydrogen (secondary N) is 2. The van der Waals surface area contributed by atoms with Crippen LogP contribution >= 0.6 is 0 Å². The first kappa shape index (κ1) is 15.0. The Morgan fingerprint density at radius 1 is 1.36 bits per heavy atom.